The van der Waals surface area contributed by atoms with Gasteiger partial charge in [0.25, 0.3) is 0 Å². The Morgan fingerprint density at radius 3 is 3.00 bits per heavy atom. The van der Waals surface area contributed by atoms with E-state index >= 15 is 0 Å². The fourth-order valence-electron chi connectivity index (χ4n) is 3.12. The monoisotopic (exact) mass is 280 g/mol. The van der Waals surface area contributed by atoms with Crippen LogP contribution < -0.4 is 5.32 Å². The Labute approximate surface area is 122 Å². The molecule has 0 aliphatic heterocycles. The van der Waals surface area contributed by atoms with Crippen LogP contribution in [0.4, 0.5) is 0 Å². The second-order valence-electron chi connectivity index (χ2n) is 6.44. The molecule has 1 fully saturated rings. The quantitative estimate of drug-likeness (QED) is 0.743. The number of nitrogens with zero attached hydrogens (tertiary/aromatic N) is 1. The normalized spacial score (nSPS) is 21.4. The standard InChI is InChI=1S/C16H28N2O2/c1-16(2)8-4-6-13(16)14-12-18-15(20-14)7-5-9-17-10-11-19-3/h12-13,17H,4-11H2,1-3H3. The Kier molecular flexibility index (Phi) is 5.61. The molecule has 1 saturated carbocycles. The molecule has 4 nitrogen and oxygen atoms in total. The van der Waals surface area contributed by atoms with Crippen LogP contribution in [0.25, 0.3) is 0 Å². The minimum Gasteiger partial charge on any atom is -0.445 e. The lowest BCUT2D eigenvalue weighted by molar-refractivity contribution is 0.199. The molecular weight excluding hydrogens is 252 g/mol. The van der Waals surface area contributed by atoms with Crippen LogP contribution >= 0.6 is 0 Å². The lowest BCUT2D eigenvalue weighted by Gasteiger charge is -2.24. The molecule has 0 spiro atoms. The highest BCUT2D eigenvalue weighted by Crippen LogP contribution is 2.48. The molecule has 1 aliphatic rings. The number of rotatable bonds is 8. The maximum atomic E-state index is 5.97. The average Bonchev–Trinajstić information content (AvgIpc) is 2.99. The molecular formula is C16H28N2O2. The Hall–Kier alpha value is -0.870. The maximum absolute atomic E-state index is 5.97. The van der Waals surface area contributed by atoms with Crippen molar-refractivity contribution in [3.63, 3.8) is 0 Å². The summed E-state index contributed by atoms with van der Waals surface area (Å²) in [5, 5.41) is 3.34. The molecule has 2 rings (SSSR count). The maximum Gasteiger partial charge on any atom is 0.194 e. The highest BCUT2D eigenvalue weighted by molar-refractivity contribution is 5.09. The van der Waals surface area contributed by atoms with Gasteiger partial charge in [0, 0.05) is 26.0 Å². The van der Waals surface area contributed by atoms with Gasteiger partial charge in [-0.15, -0.1) is 0 Å². The summed E-state index contributed by atoms with van der Waals surface area (Å²) in [5.74, 6) is 2.52. The summed E-state index contributed by atoms with van der Waals surface area (Å²) >= 11 is 0. The lowest BCUT2D eigenvalue weighted by Crippen LogP contribution is -2.20. The van der Waals surface area contributed by atoms with E-state index in [0.717, 1.165) is 44.2 Å². The molecule has 1 aliphatic carbocycles. The van der Waals surface area contributed by atoms with Gasteiger partial charge in [-0.25, -0.2) is 4.98 Å². The van der Waals surface area contributed by atoms with E-state index in [4.69, 9.17) is 9.15 Å². The summed E-state index contributed by atoms with van der Waals surface area (Å²) in [7, 11) is 1.72. The van der Waals surface area contributed by atoms with Crippen molar-refractivity contribution < 1.29 is 9.15 Å². The summed E-state index contributed by atoms with van der Waals surface area (Å²) < 4.78 is 11.0. The zero-order valence-corrected chi connectivity index (χ0v) is 13.1. The average molecular weight is 280 g/mol. The number of ether oxygens (including phenoxy) is 1. The molecule has 0 saturated heterocycles. The van der Waals surface area contributed by atoms with E-state index in [1.165, 1.54) is 19.3 Å². The third-order valence-corrected chi connectivity index (χ3v) is 4.40. The van der Waals surface area contributed by atoms with Crippen LogP contribution in [0.15, 0.2) is 10.6 Å². The first-order valence-corrected chi connectivity index (χ1v) is 7.78. The van der Waals surface area contributed by atoms with E-state index in [1.54, 1.807) is 7.11 Å². The van der Waals surface area contributed by atoms with Crippen molar-refractivity contribution in [2.45, 2.75) is 51.9 Å². The largest absolute Gasteiger partial charge is 0.445 e. The van der Waals surface area contributed by atoms with Gasteiger partial charge >= 0.3 is 0 Å². The lowest BCUT2D eigenvalue weighted by atomic mass is 9.81. The molecule has 114 valence electrons. The molecule has 1 aromatic heterocycles. The van der Waals surface area contributed by atoms with Gasteiger partial charge in [-0.05, 0) is 31.2 Å². The molecule has 1 unspecified atom stereocenters. The van der Waals surface area contributed by atoms with Crippen LogP contribution in [0.2, 0.25) is 0 Å². The van der Waals surface area contributed by atoms with E-state index < -0.39 is 0 Å². The van der Waals surface area contributed by atoms with Crippen LogP contribution in [-0.2, 0) is 11.2 Å². The number of aromatic nitrogens is 1. The zero-order chi connectivity index (χ0) is 14.4. The highest BCUT2D eigenvalue weighted by atomic mass is 16.5. The minimum absolute atomic E-state index is 0.360. The van der Waals surface area contributed by atoms with Crippen LogP contribution in [0, 0.1) is 5.41 Å². The molecule has 1 heterocycles. The third kappa shape index (κ3) is 4.06. The Balaban J connectivity index is 1.75. The Bertz CT molecular complexity index is 401. The Morgan fingerprint density at radius 2 is 2.30 bits per heavy atom. The fourth-order valence-corrected chi connectivity index (χ4v) is 3.12. The molecule has 0 radical (unpaired) electrons. The van der Waals surface area contributed by atoms with Crippen molar-refractivity contribution in [3.8, 4) is 0 Å². The van der Waals surface area contributed by atoms with Gasteiger partial charge in [0.15, 0.2) is 5.89 Å². The van der Waals surface area contributed by atoms with Gasteiger partial charge in [-0.3, -0.25) is 0 Å². The van der Waals surface area contributed by atoms with Crippen molar-refractivity contribution in [1.82, 2.24) is 10.3 Å². The molecule has 4 heteroatoms. The third-order valence-electron chi connectivity index (χ3n) is 4.40. The van der Waals surface area contributed by atoms with E-state index in [1.807, 2.05) is 6.20 Å². The van der Waals surface area contributed by atoms with Crippen molar-refractivity contribution in [2.75, 3.05) is 26.8 Å². The second kappa shape index (κ2) is 7.23. The molecule has 20 heavy (non-hydrogen) atoms. The number of nitrogens with one attached hydrogen (secondary N) is 1. The molecule has 1 N–H and O–H groups in total. The Morgan fingerprint density at radius 1 is 1.45 bits per heavy atom. The van der Waals surface area contributed by atoms with Gasteiger partial charge in [0.2, 0.25) is 0 Å². The fraction of sp³-hybridized carbons (Fsp3) is 0.812. The topological polar surface area (TPSA) is 47.3 Å². The first kappa shape index (κ1) is 15.5. The molecule has 1 atom stereocenters. The first-order chi connectivity index (χ1) is 9.63. The summed E-state index contributed by atoms with van der Waals surface area (Å²) in [6.45, 7) is 7.33. The van der Waals surface area contributed by atoms with E-state index in [-0.39, 0.29) is 0 Å². The van der Waals surface area contributed by atoms with Crippen LogP contribution in [0.3, 0.4) is 0 Å². The van der Waals surface area contributed by atoms with Crippen LogP contribution in [0.1, 0.15) is 57.1 Å². The van der Waals surface area contributed by atoms with E-state index in [9.17, 15) is 0 Å². The van der Waals surface area contributed by atoms with Crippen LogP contribution in [0.5, 0.6) is 0 Å². The summed E-state index contributed by atoms with van der Waals surface area (Å²) in [6, 6.07) is 0. The van der Waals surface area contributed by atoms with Gasteiger partial charge < -0.3 is 14.5 Å². The van der Waals surface area contributed by atoms with Crippen molar-refractivity contribution in [3.05, 3.63) is 17.8 Å². The molecule has 0 bridgehead atoms. The summed E-state index contributed by atoms with van der Waals surface area (Å²) in [4.78, 5) is 4.44. The van der Waals surface area contributed by atoms with Crippen LogP contribution in [-0.4, -0.2) is 31.8 Å². The zero-order valence-electron chi connectivity index (χ0n) is 13.1. The van der Waals surface area contributed by atoms with E-state index in [0.29, 0.717) is 11.3 Å². The number of hydrogen-bond acceptors (Lipinski definition) is 4. The van der Waals surface area contributed by atoms with Gasteiger partial charge in [-0.2, -0.15) is 0 Å². The SMILES string of the molecule is COCCNCCCc1ncc(C2CCCC2(C)C)o1. The van der Waals surface area contributed by atoms with Crippen molar-refractivity contribution >= 4 is 0 Å². The van der Waals surface area contributed by atoms with Gasteiger partial charge in [0.05, 0.1) is 12.8 Å². The predicted octanol–water partition coefficient (Wildman–Crippen LogP) is 3.14. The number of hydrogen-bond donors (Lipinski definition) is 1. The van der Waals surface area contributed by atoms with Gasteiger partial charge in [0.1, 0.15) is 5.76 Å². The second-order valence-corrected chi connectivity index (χ2v) is 6.44. The number of methoxy groups -OCH3 is 1. The van der Waals surface area contributed by atoms with Gasteiger partial charge in [-0.1, -0.05) is 20.3 Å². The number of oxazole rings is 1. The van der Waals surface area contributed by atoms with Crippen molar-refractivity contribution in [2.24, 2.45) is 5.41 Å². The molecule has 0 amide bonds. The summed E-state index contributed by atoms with van der Waals surface area (Å²) in [6.07, 6.45) is 7.74. The molecule has 0 aromatic carbocycles. The molecule has 1 aromatic rings. The first-order valence-electron chi connectivity index (χ1n) is 7.78. The smallest absolute Gasteiger partial charge is 0.194 e. The van der Waals surface area contributed by atoms with E-state index in [2.05, 4.69) is 24.1 Å². The summed E-state index contributed by atoms with van der Waals surface area (Å²) in [5.41, 5.74) is 0.360. The highest BCUT2D eigenvalue weighted by Gasteiger charge is 2.37. The predicted molar refractivity (Wildman–Crippen MR) is 79.9 cm³/mol. The minimum atomic E-state index is 0.360. The number of aryl methyl sites for hydroxylation is 1. The van der Waals surface area contributed by atoms with Crippen molar-refractivity contribution in [1.29, 1.82) is 0 Å².